The minimum atomic E-state index is -0.406. The summed E-state index contributed by atoms with van der Waals surface area (Å²) in [6.07, 6.45) is 1.66. The van der Waals surface area contributed by atoms with Gasteiger partial charge < -0.3 is 11.1 Å². The highest BCUT2D eigenvalue weighted by Gasteiger charge is 2.48. The van der Waals surface area contributed by atoms with Crippen molar-refractivity contribution in [2.24, 2.45) is 11.1 Å². The van der Waals surface area contributed by atoms with Gasteiger partial charge in [-0.3, -0.25) is 4.79 Å². The van der Waals surface area contributed by atoms with Gasteiger partial charge >= 0.3 is 0 Å². The van der Waals surface area contributed by atoms with E-state index in [1.165, 1.54) is 0 Å². The molecule has 0 aromatic heterocycles. The summed E-state index contributed by atoms with van der Waals surface area (Å²) in [5, 5.41) is 3.72. The fourth-order valence-electron chi connectivity index (χ4n) is 1.69. The molecule has 1 aliphatic rings. The zero-order valence-electron chi connectivity index (χ0n) is 9.52. The number of hydrogen-bond acceptors (Lipinski definition) is 2. The third-order valence-electron chi connectivity index (χ3n) is 3.25. The van der Waals surface area contributed by atoms with E-state index in [0.29, 0.717) is 22.3 Å². The number of carbonyl (C=O) groups excluding carboxylic acids is 1. The molecule has 0 saturated heterocycles. The first kappa shape index (κ1) is 12.7. The molecule has 17 heavy (non-hydrogen) atoms. The summed E-state index contributed by atoms with van der Waals surface area (Å²) in [7, 11) is 0. The molecule has 0 heterocycles. The lowest BCUT2D eigenvalue weighted by molar-refractivity contribution is -0.120. The van der Waals surface area contributed by atoms with Gasteiger partial charge in [0.25, 0.3) is 0 Å². The molecule has 1 aromatic carbocycles. The predicted molar refractivity (Wildman–Crippen MR) is 70.6 cm³/mol. The lowest BCUT2D eigenvalue weighted by Crippen LogP contribution is -2.31. The van der Waals surface area contributed by atoms with Crippen molar-refractivity contribution in [3.05, 3.63) is 27.7 Å². The van der Waals surface area contributed by atoms with Crippen LogP contribution in [-0.4, -0.2) is 12.5 Å². The summed E-state index contributed by atoms with van der Waals surface area (Å²) in [6, 6.07) is 3.54. The third-order valence-corrected chi connectivity index (χ3v) is 4.05. The highest BCUT2D eigenvalue weighted by Crippen LogP contribution is 2.46. The van der Waals surface area contributed by atoms with Crippen LogP contribution in [0.5, 0.6) is 0 Å². The van der Waals surface area contributed by atoms with E-state index in [-0.39, 0.29) is 5.91 Å². The Morgan fingerprint density at radius 3 is 2.65 bits per heavy atom. The van der Waals surface area contributed by atoms with E-state index in [1.54, 1.807) is 6.07 Å². The van der Waals surface area contributed by atoms with Crippen LogP contribution in [0.15, 0.2) is 12.1 Å². The SMILES string of the molecule is Cc1ccc(Cl)c(NC(=O)C2(CN)CC2)c1Cl. The fourth-order valence-corrected chi connectivity index (χ4v) is 2.16. The lowest BCUT2D eigenvalue weighted by Gasteiger charge is -2.15. The minimum Gasteiger partial charge on any atom is -0.329 e. The van der Waals surface area contributed by atoms with Gasteiger partial charge in [0.2, 0.25) is 5.91 Å². The van der Waals surface area contributed by atoms with Crippen molar-refractivity contribution < 1.29 is 4.79 Å². The molecule has 0 aliphatic heterocycles. The van der Waals surface area contributed by atoms with E-state index in [9.17, 15) is 4.79 Å². The third kappa shape index (κ3) is 2.28. The molecule has 0 bridgehead atoms. The second-order valence-corrected chi connectivity index (χ2v) is 5.28. The molecule has 0 atom stereocenters. The van der Waals surface area contributed by atoms with Gasteiger partial charge in [-0.2, -0.15) is 0 Å². The van der Waals surface area contributed by atoms with E-state index in [2.05, 4.69) is 5.32 Å². The Kier molecular flexibility index (Phi) is 3.34. The van der Waals surface area contributed by atoms with Gasteiger partial charge in [-0.15, -0.1) is 0 Å². The van der Waals surface area contributed by atoms with Gasteiger partial charge in [-0.25, -0.2) is 0 Å². The first-order valence-corrected chi connectivity index (χ1v) is 6.22. The molecule has 1 saturated carbocycles. The number of halogens is 2. The molecule has 1 fully saturated rings. The monoisotopic (exact) mass is 272 g/mol. The number of hydrogen-bond donors (Lipinski definition) is 2. The van der Waals surface area contributed by atoms with Gasteiger partial charge in [-0.1, -0.05) is 29.3 Å². The Bertz CT molecular complexity index is 470. The van der Waals surface area contributed by atoms with E-state index >= 15 is 0 Å². The van der Waals surface area contributed by atoms with Crippen molar-refractivity contribution in [2.75, 3.05) is 11.9 Å². The van der Waals surface area contributed by atoms with Crippen LogP contribution < -0.4 is 11.1 Å². The number of rotatable bonds is 3. The molecule has 3 N–H and O–H groups in total. The molecule has 2 rings (SSSR count). The van der Waals surface area contributed by atoms with E-state index in [1.807, 2.05) is 13.0 Å². The molecule has 0 radical (unpaired) electrons. The highest BCUT2D eigenvalue weighted by molar-refractivity contribution is 6.40. The number of carbonyl (C=O) groups is 1. The number of aryl methyl sites for hydroxylation is 1. The molecule has 1 aliphatic carbocycles. The standard InChI is InChI=1S/C12H14Cl2N2O/c1-7-2-3-8(13)10(9(7)14)16-11(17)12(6-15)4-5-12/h2-3H,4-6,15H2,1H3,(H,16,17). The summed E-state index contributed by atoms with van der Waals surface area (Å²) in [5.41, 5.74) is 6.56. The second-order valence-electron chi connectivity index (χ2n) is 4.49. The first-order chi connectivity index (χ1) is 8.00. The van der Waals surface area contributed by atoms with E-state index in [4.69, 9.17) is 28.9 Å². The Morgan fingerprint density at radius 1 is 1.47 bits per heavy atom. The number of nitrogens with two attached hydrogens (primary N) is 1. The average Bonchev–Trinajstić information content (AvgIpc) is 3.10. The summed E-state index contributed by atoms with van der Waals surface area (Å²) in [4.78, 5) is 12.0. The van der Waals surface area contributed by atoms with Crippen LogP contribution in [0.3, 0.4) is 0 Å². The number of amides is 1. The molecule has 1 amide bonds. The first-order valence-electron chi connectivity index (χ1n) is 5.46. The summed E-state index contributed by atoms with van der Waals surface area (Å²) in [5.74, 6) is -0.0885. The lowest BCUT2D eigenvalue weighted by atomic mass is 10.1. The van der Waals surface area contributed by atoms with Gasteiger partial charge in [0.05, 0.1) is 21.1 Å². The zero-order chi connectivity index (χ0) is 12.6. The van der Waals surface area contributed by atoms with Crippen LogP contribution in [0.4, 0.5) is 5.69 Å². The van der Waals surface area contributed by atoms with Crippen LogP contribution >= 0.6 is 23.2 Å². The van der Waals surface area contributed by atoms with E-state index < -0.39 is 5.41 Å². The van der Waals surface area contributed by atoms with Crippen molar-refractivity contribution in [3.63, 3.8) is 0 Å². The molecular formula is C12H14Cl2N2O. The van der Waals surface area contributed by atoms with Gasteiger partial charge in [0.15, 0.2) is 0 Å². The minimum absolute atomic E-state index is 0.0885. The largest absolute Gasteiger partial charge is 0.329 e. The van der Waals surface area contributed by atoms with Crippen LogP contribution in [-0.2, 0) is 4.79 Å². The number of nitrogens with one attached hydrogen (secondary N) is 1. The van der Waals surface area contributed by atoms with Crippen LogP contribution in [0.1, 0.15) is 18.4 Å². The Labute approximate surface area is 110 Å². The summed E-state index contributed by atoms with van der Waals surface area (Å²) < 4.78 is 0. The maximum Gasteiger partial charge on any atom is 0.231 e. The Hall–Kier alpha value is -0.770. The maximum atomic E-state index is 12.0. The smallest absolute Gasteiger partial charge is 0.231 e. The molecule has 5 heteroatoms. The second kappa shape index (κ2) is 4.48. The fraction of sp³-hybridized carbons (Fsp3) is 0.417. The van der Waals surface area contributed by atoms with Crippen molar-refractivity contribution in [3.8, 4) is 0 Å². The Morgan fingerprint density at radius 2 is 2.12 bits per heavy atom. The quantitative estimate of drug-likeness (QED) is 0.889. The topological polar surface area (TPSA) is 55.1 Å². The number of anilines is 1. The van der Waals surface area contributed by atoms with Gasteiger partial charge in [0, 0.05) is 6.54 Å². The predicted octanol–water partition coefficient (Wildman–Crippen LogP) is 2.98. The number of benzene rings is 1. The van der Waals surface area contributed by atoms with Crippen molar-refractivity contribution in [2.45, 2.75) is 19.8 Å². The molecule has 0 unspecified atom stereocenters. The zero-order valence-corrected chi connectivity index (χ0v) is 11.0. The van der Waals surface area contributed by atoms with Crippen molar-refractivity contribution >= 4 is 34.8 Å². The van der Waals surface area contributed by atoms with E-state index in [0.717, 1.165) is 18.4 Å². The molecule has 92 valence electrons. The van der Waals surface area contributed by atoms with Crippen molar-refractivity contribution in [1.29, 1.82) is 0 Å². The highest BCUT2D eigenvalue weighted by atomic mass is 35.5. The van der Waals surface area contributed by atoms with Crippen molar-refractivity contribution in [1.82, 2.24) is 0 Å². The Balaban J connectivity index is 2.25. The normalized spacial score (nSPS) is 16.7. The van der Waals surface area contributed by atoms with Crippen LogP contribution in [0.25, 0.3) is 0 Å². The van der Waals surface area contributed by atoms with Gasteiger partial charge in [0.1, 0.15) is 0 Å². The summed E-state index contributed by atoms with van der Waals surface area (Å²) >= 11 is 12.2. The molecule has 0 spiro atoms. The van der Waals surface area contributed by atoms with Gasteiger partial charge in [-0.05, 0) is 31.4 Å². The van der Waals surface area contributed by atoms with Crippen LogP contribution in [0.2, 0.25) is 10.0 Å². The molecule has 3 nitrogen and oxygen atoms in total. The van der Waals surface area contributed by atoms with Crippen LogP contribution in [0, 0.1) is 12.3 Å². The maximum absolute atomic E-state index is 12.0. The average molecular weight is 273 g/mol. The summed E-state index contributed by atoms with van der Waals surface area (Å²) in [6.45, 7) is 2.23. The molecular weight excluding hydrogens is 259 g/mol. The molecule has 1 aromatic rings.